The predicted octanol–water partition coefficient (Wildman–Crippen LogP) is 2.59. The number of aromatic nitrogens is 1. The number of benzene rings is 2. The Morgan fingerprint density at radius 3 is 2.52 bits per heavy atom. The number of anilines is 2. The predicted molar refractivity (Wildman–Crippen MR) is 155 cm³/mol. The van der Waals surface area contributed by atoms with Gasteiger partial charge in [0.05, 0.1) is 37.9 Å². The molecule has 1 unspecified atom stereocenters. The zero-order valence-corrected chi connectivity index (χ0v) is 24.1. The van der Waals surface area contributed by atoms with Crippen molar-refractivity contribution in [2.75, 3.05) is 57.2 Å². The van der Waals surface area contributed by atoms with Crippen LogP contribution in [0.25, 0.3) is 0 Å². The van der Waals surface area contributed by atoms with Crippen molar-refractivity contribution in [2.24, 2.45) is 0 Å². The Morgan fingerprint density at radius 2 is 1.77 bits per heavy atom. The fraction of sp³-hybridized carbons (Fsp3) is 0.375. The molecule has 10 nitrogen and oxygen atoms in total. The minimum absolute atomic E-state index is 0.0590. The van der Waals surface area contributed by atoms with Gasteiger partial charge in [-0.1, -0.05) is 12.1 Å². The first-order chi connectivity index (χ1) is 21.2. The molecule has 12 heteroatoms. The number of nitrogens with one attached hydrogen (secondary N) is 2. The number of nitrogens with zero attached hydrogens (tertiary/aromatic N) is 3. The summed E-state index contributed by atoms with van der Waals surface area (Å²) in [6.07, 6.45) is 2.63. The highest BCUT2D eigenvalue weighted by Crippen LogP contribution is 2.47. The minimum atomic E-state index is -1.19. The average molecular weight is 604 g/mol. The summed E-state index contributed by atoms with van der Waals surface area (Å²) in [5.74, 6) is -1.96. The molecule has 2 N–H and O–H groups in total. The third-order valence-corrected chi connectivity index (χ3v) is 9.31. The number of likely N-dealkylation sites (N-methyl/N-ethyl adjacent to an activating group) is 1. The third-order valence-electron chi connectivity index (χ3n) is 9.31. The van der Waals surface area contributed by atoms with Crippen molar-refractivity contribution in [3.05, 3.63) is 88.6 Å². The lowest BCUT2D eigenvalue weighted by Gasteiger charge is -2.50. The van der Waals surface area contributed by atoms with Crippen LogP contribution in [0.4, 0.5) is 20.3 Å². The van der Waals surface area contributed by atoms with E-state index in [4.69, 9.17) is 9.47 Å². The van der Waals surface area contributed by atoms with Crippen LogP contribution >= 0.6 is 0 Å². The molecular formula is C32H31F2N5O5. The first kappa shape index (κ1) is 28.5. The molecular weight excluding hydrogens is 572 g/mol. The Labute approximate surface area is 252 Å². The summed E-state index contributed by atoms with van der Waals surface area (Å²) in [6.45, 7) is 0.608. The quantitative estimate of drug-likeness (QED) is 0.472. The summed E-state index contributed by atoms with van der Waals surface area (Å²) in [7, 11) is 1.74. The third kappa shape index (κ3) is 4.64. The van der Waals surface area contributed by atoms with Gasteiger partial charge in [0, 0.05) is 30.1 Å². The molecule has 2 aromatic carbocycles. The molecule has 3 aromatic rings. The van der Waals surface area contributed by atoms with Crippen molar-refractivity contribution < 1.29 is 32.6 Å². The summed E-state index contributed by atoms with van der Waals surface area (Å²) in [6, 6.07) is 11.6. The van der Waals surface area contributed by atoms with Crippen molar-refractivity contribution in [3.63, 3.8) is 0 Å². The van der Waals surface area contributed by atoms with Crippen molar-refractivity contribution in [3.8, 4) is 0 Å². The van der Waals surface area contributed by atoms with E-state index in [1.165, 1.54) is 17.0 Å². The summed E-state index contributed by atoms with van der Waals surface area (Å²) >= 11 is 0. The van der Waals surface area contributed by atoms with Crippen LogP contribution in [0.5, 0.6) is 0 Å². The highest BCUT2D eigenvalue weighted by atomic mass is 19.1. The molecule has 0 radical (unpaired) electrons. The van der Waals surface area contributed by atoms with Gasteiger partial charge in [0.25, 0.3) is 0 Å². The second-order valence-electron chi connectivity index (χ2n) is 12.0. The van der Waals surface area contributed by atoms with E-state index in [1.54, 1.807) is 24.2 Å². The number of hydrogen-bond donors (Lipinski definition) is 2. The second-order valence-corrected chi connectivity index (χ2v) is 12.0. The van der Waals surface area contributed by atoms with E-state index in [1.807, 2.05) is 24.3 Å². The standard InChI is InChI=1S/C32H31F2N5O5/c1-38-15-26(20-9-22(33)12-23(34)10-20)39(30(42)32(38)17-43-7-8-44-18-32)16-27(40)36-24-5-4-19-13-31(14-21(19)11-24)25-3-2-6-35-28(25)37-29(31)41/h2-6,9-12,26H,7-8,13-18H2,1H3,(H,36,40)(H,35,37,41)/t26-,31?/m0/s1. The Kier molecular flexibility index (Phi) is 6.95. The van der Waals surface area contributed by atoms with Gasteiger partial charge in [0.15, 0.2) is 0 Å². The summed E-state index contributed by atoms with van der Waals surface area (Å²) in [5, 5.41) is 5.78. The van der Waals surface area contributed by atoms with Gasteiger partial charge in [-0.25, -0.2) is 13.8 Å². The maximum absolute atomic E-state index is 14.3. The molecule has 4 heterocycles. The Bertz CT molecular complexity index is 1660. The molecule has 3 amide bonds. The lowest BCUT2D eigenvalue weighted by atomic mass is 9.79. The molecule has 0 bridgehead atoms. The lowest BCUT2D eigenvalue weighted by molar-refractivity contribution is -0.164. The molecule has 2 saturated heterocycles. The molecule has 7 rings (SSSR count). The largest absolute Gasteiger partial charge is 0.376 e. The molecule has 0 saturated carbocycles. The average Bonchev–Trinajstić information content (AvgIpc) is 3.37. The molecule has 2 atom stereocenters. The molecule has 2 spiro atoms. The zero-order valence-electron chi connectivity index (χ0n) is 24.1. The number of amides is 3. The number of fused-ring (bicyclic) bond motifs is 3. The van der Waals surface area contributed by atoms with Crippen molar-refractivity contribution in [1.29, 1.82) is 0 Å². The summed E-state index contributed by atoms with van der Waals surface area (Å²) in [5.41, 5.74) is 1.63. The van der Waals surface area contributed by atoms with E-state index >= 15 is 0 Å². The first-order valence-corrected chi connectivity index (χ1v) is 14.5. The lowest BCUT2D eigenvalue weighted by Crippen LogP contribution is -2.69. The highest BCUT2D eigenvalue weighted by Gasteiger charge is 2.53. The second kappa shape index (κ2) is 10.7. The van der Waals surface area contributed by atoms with Crippen LogP contribution in [0.1, 0.15) is 28.3 Å². The van der Waals surface area contributed by atoms with Gasteiger partial charge >= 0.3 is 0 Å². The number of carbonyl (C=O) groups excluding carboxylic acids is 3. The van der Waals surface area contributed by atoms with Gasteiger partial charge in [0.2, 0.25) is 17.7 Å². The number of ether oxygens (including phenoxy) is 2. The van der Waals surface area contributed by atoms with E-state index in [-0.39, 0.29) is 37.8 Å². The van der Waals surface area contributed by atoms with Gasteiger partial charge < -0.3 is 25.0 Å². The number of pyridine rings is 1. The van der Waals surface area contributed by atoms with E-state index in [2.05, 4.69) is 15.6 Å². The number of halogens is 2. The molecule has 44 heavy (non-hydrogen) atoms. The smallest absolute Gasteiger partial charge is 0.248 e. The fourth-order valence-corrected chi connectivity index (χ4v) is 7.03. The maximum atomic E-state index is 14.3. The van der Waals surface area contributed by atoms with E-state index in [0.717, 1.165) is 22.8 Å². The molecule has 3 aliphatic heterocycles. The van der Waals surface area contributed by atoms with Gasteiger partial charge in [-0.15, -0.1) is 0 Å². The maximum Gasteiger partial charge on any atom is 0.248 e. The monoisotopic (exact) mass is 603 g/mol. The SMILES string of the molecule is CN1C[C@@H](c2cc(F)cc(F)c2)N(CC(=O)Nc2ccc3c(c2)CC2(C3)C(=O)Nc3ncccc32)C(=O)C12COCCOC2. The van der Waals surface area contributed by atoms with Crippen LogP contribution in [0.2, 0.25) is 0 Å². The van der Waals surface area contributed by atoms with Crippen molar-refractivity contribution in [1.82, 2.24) is 14.8 Å². The molecule has 228 valence electrons. The minimum Gasteiger partial charge on any atom is -0.376 e. The summed E-state index contributed by atoms with van der Waals surface area (Å²) < 4.78 is 40.0. The van der Waals surface area contributed by atoms with Gasteiger partial charge in [-0.2, -0.15) is 0 Å². The molecule has 1 aromatic heterocycles. The summed E-state index contributed by atoms with van der Waals surface area (Å²) in [4.78, 5) is 48.2. The number of piperazine rings is 1. The Morgan fingerprint density at radius 1 is 1.05 bits per heavy atom. The van der Waals surface area contributed by atoms with E-state index < -0.39 is 40.4 Å². The normalized spacial score (nSPS) is 24.2. The van der Waals surface area contributed by atoms with Gasteiger partial charge in [-0.3, -0.25) is 19.3 Å². The van der Waals surface area contributed by atoms with E-state index in [0.29, 0.717) is 37.6 Å². The van der Waals surface area contributed by atoms with Crippen LogP contribution < -0.4 is 10.6 Å². The highest BCUT2D eigenvalue weighted by molar-refractivity contribution is 6.06. The van der Waals surface area contributed by atoms with Crippen molar-refractivity contribution >= 4 is 29.2 Å². The van der Waals surface area contributed by atoms with Crippen LogP contribution in [0.3, 0.4) is 0 Å². The van der Waals surface area contributed by atoms with Gasteiger partial charge in [-0.05, 0) is 66.9 Å². The topological polar surface area (TPSA) is 113 Å². The van der Waals surface area contributed by atoms with E-state index in [9.17, 15) is 23.2 Å². The van der Waals surface area contributed by atoms with Crippen LogP contribution in [0, 0.1) is 11.6 Å². The fourth-order valence-electron chi connectivity index (χ4n) is 7.03. The Balaban J connectivity index is 1.14. The number of carbonyl (C=O) groups is 3. The molecule has 4 aliphatic rings. The molecule has 2 fully saturated rings. The first-order valence-electron chi connectivity index (χ1n) is 14.5. The van der Waals surface area contributed by atoms with Crippen LogP contribution in [-0.2, 0) is 42.1 Å². The number of hydrogen-bond acceptors (Lipinski definition) is 7. The van der Waals surface area contributed by atoms with Gasteiger partial charge in [0.1, 0.15) is 29.5 Å². The van der Waals surface area contributed by atoms with Crippen molar-refractivity contribution in [2.45, 2.75) is 29.8 Å². The molecule has 1 aliphatic carbocycles. The van der Waals surface area contributed by atoms with Crippen LogP contribution in [0.15, 0.2) is 54.7 Å². The number of rotatable bonds is 4. The Hall–Kier alpha value is -4.26. The van der Waals surface area contributed by atoms with Crippen LogP contribution in [-0.4, -0.2) is 84.6 Å². The zero-order chi connectivity index (χ0) is 30.6.